The number of hydrogen-bond donors (Lipinski definition) is 0. The Hall–Kier alpha value is -1.29. The molecule has 1 fully saturated rings. The van der Waals surface area contributed by atoms with E-state index in [0.717, 1.165) is 42.4 Å². The minimum atomic E-state index is 0.221. The van der Waals surface area contributed by atoms with Crippen LogP contribution in [0.4, 0.5) is 0 Å². The molecule has 2 heterocycles. The number of rotatable bonds is 4. The minimum Gasteiger partial charge on any atom is -0.489 e. The van der Waals surface area contributed by atoms with Crippen LogP contribution in [-0.2, 0) is 6.54 Å². The number of halogens is 2. The molecule has 1 aromatic carbocycles. The van der Waals surface area contributed by atoms with Gasteiger partial charge in [0.25, 0.3) is 0 Å². The maximum Gasteiger partial charge on any atom is 0.122 e. The molecule has 1 aromatic heterocycles. The molecule has 0 amide bonds. The Bertz CT molecular complexity index is 606. The maximum absolute atomic E-state index is 6.22. The summed E-state index contributed by atoms with van der Waals surface area (Å²) in [6.07, 6.45) is 4.73. The van der Waals surface area contributed by atoms with Crippen molar-refractivity contribution in [2.45, 2.75) is 19.1 Å². The Morgan fingerprint density at radius 3 is 2.76 bits per heavy atom. The van der Waals surface area contributed by atoms with E-state index in [0.29, 0.717) is 5.02 Å². The van der Waals surface area contributed by atoms with E-state index < -0.39 is 0 Å². The molecular formula is C16H16Cl2N2O. The average Bonchev–Trinajstić information content (AvgIpc) is 2.90. The lowest BCUT2D eigenvalue weighted by molar-refractivity contribution is 0.198. The fourth-order valence-electron chi connectivity index (χ4n) is 2.54. The third kappa shape index (κ3) is 3.88. The van der Waals surface area contributed by atoms with Gasteiger partial charge in [-0.25, -0.2) is 0 Å². The van der Waals surface area contributed by atoms with Crippen LogP contribution >= 0.6 is 23.2 Å². The van der Waals surface area contributed by atoms with E-state index in [9.17, 15) is 0 Å². The molecule has 2 aromatic rings. The van der Waals surface area contributed by atoms with Gasteiger partial charge in [0.2, 0.25) is 0 Å². The van der Waals surface area contributed by atoms with Crippen molar-refractivity contribution in [3.63, 3.8) is 0 Å². The van der Waals surface area contributed by atoms with Crippen LogP contribution in [0, 0.1) is 0 Å². The molecule has 5 heteroatoms. The summed E-state index contributed by atoms with van der Waals surface area (Å²) in [7, 11) is 0. The van der Waals surface area contributed by atoms with Crippen molar-refractivity contribution in [1.29, 1.82) is 0 Å². The summed E-state index contributed by atoms with van der Waals surface area (Å²) in [5.74, 6) is 0.876. The second kappa shape index (κ2) is 6.65. The van der Waals surface area contributed by atoms with Crippen LogP contribution in [0.5, 0.6) is 5.75 Å². The second-order valence-corrected chi connectivity index (χ2v) is 6.03. The molecule has 110 valence electrons. The van der Waals surface area contributed by atoms with Gasteiger partial charge in [0, 0.05) is 42.1 Å². The van der Waals surface area contributed by atoms with Crippen LogP contribution in [0.2, 0.25) is 10.0 Å². The molecule has 1 saturated heterocycles. The third-order valence-corrected chi connectivity index (χ3v) is 4.18. The first-order chi connectivity index (χ1) is 10.2. The third-order valence-electron chi connectivity index (χ3n) is 3.59. The monoisotopic (exact) mass is 322 g/mol. The Labute approximate surface area is 134 Å². The fraction of sp³-hybridized carbons (Fsp3) is 0.312. The van der Waals surface area contributed by atoms with E-state index in [1.54, 1.807) is 18.5 Å². The first-order valence-electron chi connectivity index (χ1n) is 6.93. The van der Waals surface area contributed by atoms with Crippen molar-refractivity contribution in [3.8, 4) is 5.75 Å². The highest BCUT2D eigenvalue weighted by Gasteiger charge is 2.24. The smallest absolute Gasteiger partial charge is 0.122 e. The molecule has 1 atom stereocenters. The zero-order valence-corrected chi connectivity index (χ0v) is 13.0. The molecule has 21 heavy (non-hydrogen) atoms. The van der Waals surface area contributed by atoms with Crippen LogP contribution in [0.3, 0.4) is 0 Å². The molecule has 1 aliphatic rings. The number of aromatic nitrogens is 1. The number of nitrogens with zero attached hydrogens (tertiary/aromatic N) is 2. The summed E-state index contributed by atoms with van der Waals surface area (Å²) in [4.78, 5) is 6.34. The van der Waals surface area contributed by atoms with Crippen molar-refractivity contribution >= 4 is 23.2 Å². The predicted octanol–water partition coefficient (Wildman–Crippen LogP) is 4.04. The van der Waals surface area contributed by atoms with Gasteiger partial charge in [0.15, 0.2) is 0 Å². The highest BCUT2D eigenvalue weighted by atomic mass is 35.5. The lowest BCUT2D eigenvalue weighted by Gasteiger charge is -2.17. The van der Waals surface area contributed by atoms with Gasteiger partial charge in [-0.1, -0.05) is 29.3 Å². The van der Waals surface area contributed by atoms with Crippen molar-refractivity contribution in [1.82, 2.24) is 9.88 Å². The van der Waals surface area contributed by atoms with E-state index >= 15 is 0 Å². The zero-order valence-electron chi connectivity index (χ0n) is 11.5. The van der Waals surface area contributed by atoms with E-state index in [1.807, 2.05) is 24.3 Å². The largest absolute Gasteiger partial charge is 0.489 e. The van der Waals surface area contributed by atoms with Crippen molar-refractivity contribution in [2.75, 3.05) is 13.1 Å². The lowest BCUT2D eigenvalue weighted by Crippen LogP contribution is -2.24. The normalized spacial score (nSPS) is 18.9. The standard InChI is InChI=1S/C16H16Cl2N2O/c17-13-2-1-12(16(18)9-13)10-20-8-5-15(11-20)21-14-3-6-19-7-4-14/h1-4,6-7,9,15H,5,8,10-11H2/t15-/m0/s1. The van der Waals surface area contributed by atoms with Crippen LogP contribution in [0.25, 0.3) is 0 Å². The van der Waals surface area contributed by atoms with Gasteiger partial charge in [-0.2, -0.15) is 0 Å². The zero-order chi connectivity index (χ0) is 14.7. The molecule has 0 N–H and O–H groups in total. The van der Waals surface area contributed by atoms with Gasteiger partial charge in [0.05, 0.1) is 0 Å². The van der Waals surface area contributed by atoms with Gasteiger partial charge in [-0.15, -0.1) is 0 Å². The first kappa shape index (κ1) is 14.6. The Morgan fingerprint density at radius 2 is 2.00 bits per heavy atom. The molecule has 0 bridgehead atoms. The lowest BCUT2D eigenvalue weighted by atomic mass is 10.2. The molecule has 3 rings (SSSR count). The molecule has 1 aliphatic heterocycles. The Morgan fingerprint density at radius 1 is 1.19 bits per heavy atom. The summed E-state index contributed by atoms with van der Waals surface area (Å²) in [5.41, 5.74) is 1.10. The SMILES string of the molecule is Clc1ccc(CN2CC[C@H](Oc3ccncc3)C2)c(Cl)c1. The molecule has 0 radical (unpaired) electrons. The number of pyridine rings is 1. The van der Waals surface area contributed by atoms with Gasteiger partial charge >= 0.3 is 0 Å². The van der Waals surface area contributed by atoms with E-state index in [2.05, 4.69) is 9.88 Å². The van der Waals surface area contributed by atoms with Crippen molar-refractivity contribution in [2.24, 2.45) is 0 Å². The van der Waals surface area contributed by atoms with Gasteiger partial charge in [-0.05, 0) is 36.2 Å². The fourth-order valence-corrected chi connectivity index (χ4v) is 3.01. The Balaban J connectivity index is 1.57. The summed E-state index contributed by atoms with van der Waals surface area (Å²) >= 11 is 12.1. The highest BCUT2D eigenvalue weighted by molar-refractivity contribution is 6.35. The van der Waals surface area contributed by atoms with E-state index in [4.69, 9.17) is 27.9 Å². The van der Waals surface area contributed by atoms with E-state index in [-0.39, 0.29) is 6.10 Å². The van der Waals surface area contributed by atoms with Gasteiger partial charge < -0.3 is 4.74 Å². The quantitative estimate of drug-likeness (QED) is 0.849. The minimum absolute atomic E-state index is 0.221. The highest BCUT2D eigenvalue weighted by Crippen LogP contribution is 2.24. The van der Waals surface area contributed by atoms with Crippen molar-refractivity contribution < 1.29 is 4.74 Å². The van der Waals surface area contributed by atoms with Crippen LogP contribution in [-0.4, -0.2) is 29.1 Å². The second-order valence-electron chi connectivity index (χ2n) is 5.18. The molecule has 0 unspecified atom stereocenters. The number of hydrogen-bond acceptors (Lipinski definition) is 3. The van der Waals surface area contributed by atoms with Crippen molar-refractivity contribution in [3.05, 3.63) is 58.3 Å². The first-order valence-corrected chi connectivity index (χ1v) is 7.69. The topological polar surface area (TPSA) is 25.4 Å². The predicted molar refractivity (Wildman–Crippen MR) is 85.0 cm³/mol. The molecule has 0 spiro atoms. The summed E-state index contributed by atoms with van der Waals surface area (Å²) < 4.78 is 5.96. The molecule has 0 saturated carbocycles. The average molecular weight is 323 g/mol. The molecule has 0 aliphatic carbocycles. The number of likely N-dealkylation sites (tertiary alicyclic amines) is 1. The van der Waals surface area contributed by atoms with Gasteiger partial charge in [0.1, 0.15) is 11.9 Å². The summed E-state index contributed by atoms with van der Waals surface area (Å²) in [5, 5.41) is 1.39. The molecular weight excluding hydrogens is 307 g/mol. The van der Waals surface area contributed by atoms with Crippen LogP contribution in [0.15, 0.2) is 42.7 Å². The maximum atomic E-state index is 6.22. The summed E-state index contributed by atoms with van der Waals surface area (Å²) in [6, 6.07) is 9.43. The number of benzene rings is 1. The molecule has 3 nitrogen and oxygen atoms in total. The van der Waals surface area contributed by atoms with Gasteiger partial charge in [-0.3, -0.25) is 9.88 Å². The number of ether oxygens (including phenoxy) is 1. The van der Waals surface area contributed by atoms with Crippen LogP contribution in [0.1, 0.15) is 12.0 Å². The Kier molecular flexibility index (Phi) is 4.63. The van der Waals surface area contributed by atoms with Crippen LogP contribution < -0.4 is 4.74 Å². The van der Waals surface area contributed by atoms with E-state index in [1.165, 1.54) is 0 Å². The summed E-state index contributed by atoms with van der Waals surface area (Å²) in [6.45, 7) is 2.74.